The topological polar surface area (TPSA) is 97.3 Å². The first-order valence-electron chi connectivity index (χ1n) is 8.94. The number of aryl methyl sites for hydroxylation is 1. The number of nitrogens with one attached hydrogen (secondary N) is 2. The molecule has 2 aromatic rings. The summed E-state index contributed by atoms with van der Waals surface area (Å²) < 4.78 is 28.5. The molecule has 0 spiro atoms. The SMILES string of the molecule is Cc1ccc(NS(=O)(=O)c2ccccc2)c(=O)n1CC(=O)NC1CCCC1. The van der Waals surface area contributed by atoms with Crippen LogP contribution >= 0.6 is 0 Å². The highest BCUT2D eigenvalue weighted by atomic mass is 32.2. The van der Waals surface area contributed by atoms with Crippen molar-refractivity contribution in [3.63, 3.8) is 0 Å². The number of rotatable bonds is 6. The fourth-order valence-corrected chi connectivity index (χ4v) is 4.31. The Labute approximate surface area is 158 Å². The van der Waals surface area contributed by atoms with Crippen LogP contribution in [0.3, 0.4) is 0 Å². The predicted molar refractivity (Wildman–Crippen MR) is 103 cm³/mol. The van der Waals surface area contributed by atoms with Crippen molar-refractivity contribution in [1.82, 2.24) is 9.88 Å². The van der Waals surface area contributed by atoms with E-state index in [-0.39, 0.29) is 29.1 Å². The molecule has 0 atom stereocenters. The Morgan fingerprint density at radius 1 is 1.11 bits per heavy atom. The number of nitrogens with zero attached hydrogens (tertiary/aromatic N) is 1. The van der Waals surface area contributed by atoms with Crippen LogP contribution in [0, 0.1) is 6.92 Å². The van der Waals surface area contributed by atoms with Gasteiger partial charge in [-0.25, -0.2) is 8.42 Å². The molecule has 2 N–H and O–H groups in total. The fraction of sp³-hybridized carbons (Fsp3) is 0.368. The van der Waals surface area contributed by atoms with Crippen LogP contribution in [0.15, 0.2) is 52.2 Å². The largest absolute Gasteiger partial charge is 0.352 e. The molecule has 1 aliphatic carbocycles. The van der Waals surface area contributed by atoms with Crippen LogP contribution in [-0.2, 0) is 21.4 Å². The van der Waals surface area contributed by atoms with Gasteiger partial charge in [0.25, 0.3) is 15.6 Å². The van der Waals surface area contributed by atoms with Crippen LogP contribution in [0.25, 0.3) is 0 Å². The average Bonchev–Trinajstić information content (AvgIpc) is 3.15. The van der Waals surface area contributed by atoms with E-state index in [4.69, 9.17) is 0 Å². The van der Waals surface area contributed by atoms with Crippen LogP contribution in [0.1, 0.15) is 31.4 Å². The van der Waals surface area contributed by atoms with Crippen molar-refractivity contribution >= 4 is 21.6 Å². The standard InChI is InChI=1S/C19H23N3O4S/c1-14-11-12-17(21-27(25,26)16-9-3-2-4-10-16)19(24)22(14)13-18(23)20-15-7-5-6-8-15/h2-4,9-12,15,21H,5-8,13H2,1H3,(H,20,23). The first-order chi connectivity index (χ1) is 12.9. The molecule has 7 nitrogen and oxygen atoms in total. The molecular formula is C19H23N3O4S. The van der Waals surface area contributed by atoms with Crippen LogP contribution < -0.4 is 15.6 Å². The second-order valence-corrected chi connectivity index (χ2v) is 8.43. The third-order valence-corrected chi connectivity index (χ3v) is 6.09. The van der Waals surface area contributed by atoms with Gasteiger partial charge in [0.15, 0.2) is 0 Å². The lowest BCUT2D eigenvalue weighted by molar-refractivity contribution is -0.122. The lowest BCUT2D eigenvalue weighted by Gasteiger charge is -2.15. The Kier molecular flexibility index (Phi) is 5.65. The van der Waals surface area contributed by atoms with Crippen LogP contribution in [0.4, 0.5) is 5.69 Å². The zero-order valence-electron chi connectivity index (χ0n) is 15.1. The molecule has 0 unspecified atom stereocenters. The molecule has 27 heavy (non-hydrogen) atoms. The van der Waals surface area contributed by atoms with Gasteiger partial charge in [-0.15, -0.1) is 0 Å². The minimum atomic E-state index is -3.88. The third-order valence-electron chi connectivity index (χ3n) is 4.71. The summed E-state index contributed by atoms with van der Waals surface area (Å²) in [5.41, 5.74) is -0.0431. The highest BCUT2D eigenvalue weighted by molar-refractivity contribution is 7.92. The molecule has 1 amide bonds. The van der Waals surface area contributed by atoms with Crippen LogP contribution in [-0.4, -0.2) is 24.9 Å². The Hall–Kier alpha value is -2.61. The number of hydrogen-bond donors (Lipinski definition) is 2. The van der Waals surface area contributed by atoms with E-state index >= 15 is 0 Å². The number of pyridine rings is 1. The fourth-order valence-electron chi connectivity index (χ4n) is 3.24. The molecule has 1 fully saturated rings. The van der Waals surface area contributed by atoms with E-state index in [2.05, 4.69) is 10.0 Å². The van der Waals surface area contributed by atoms with Gasteiger partial charge in [-0.05, 0) is 44.0 Å². The zero-order chi connectivity index (χ0) is 19.4. The highest BCUT2D eigenvalue weighted by Crippen LogP contribution is 2.17. The Balaban J connectivity index is 1.81. The molecule has 0 bridgehead atoms. The van der Waals surface area contributed by atoms with Crippen LogP contribution in [0.5, 0.6) is 0 Å². The van der Waals surface area contributed by atoms with E-state index in [9.17, 15) is 18.0 Å². The molecule has 0 saturated heterocycles. The van der Waals surface area contributed by atoms with Gasteiger partial charge in [-0.3, -0.25) is 14.3 Å². The highest BCUT2D eigenvalue weighted by Gasteiger charge is 2.20. The maximum absolute atomic E-state index is 12.7. The van der Waals surface area contributed by atoms with Gasteiger partial charge in [-0.1, -0.05) is 31.0 Å². The summed E-state index contributed by atoms with van der Waals surface area (Å²) in [5, 5.41) is 2.94. The molecule has 1 aromatic heterocycles. The smallest absolute Gasteiger partial charge is 0.275 e. The second kappa shape index (κ2) is 7.96. The van der Waals surface area contributed by atoms with Crippen LogP contribution in [0.2, 0.25) is 0 Å². The second-order valence-electron chi connectivity index (χ2n) is 6.75. The van der Waals surface area contributed by atoms with Crippen molar-refractivity contribution in [3.05, 3.63) is 58.5 Å². The first kappa shape index (κ1) is 19.2. The van der Waals surface area contributed by atoms with Crippen molar-refractivity contribution in [3.8, 4) is 0 Å². The normalized spacial score (nSPS) is 14.9. The summed E-state index contributed by atoms with van der Waals surface area (Å²) in [6.07, 6.45) is 4.11. The molecule has 0 radical (unpaired) electrons. The zero-order valence-corrected chi connectivity index (χ0v) is 16.0. The number of amides is 1. The number of hydrogen-bond acceptors (Lipinski definition) is 4. The number of aromatic nitrogens is 1. The monoisotopic (exact) mass is 389 g/mol. The summed E-state index contributed by atoms with van der Waals surface area (Å²) in [7, 11) is -3.88. The summed E-state index contributed by atoms with van der Waals surface area (Å²) in [6.45, 7) is 1.57. The van der Waals surface area contributed by atoms with Gasteiger partial charge in [0.1, 0.15) is 12.2 Å². The Bertz CT molecular complexity index is 978. The summed E-state index contributed by atoms with van der Waals surface area (Å²) >= 11 is 0. The number of carbonyl (C=O) groups excluding carboxylic acids is 1. The molecule has 1 aliphatic rings. The Morgan fingerprint density at radius 2 is 1.78 bits per heavy atom. The lowest BCUT2D eigenvalue weighted by atomic mass is 10.2. The van der Waals surface area contributed by atoms with Gasteiger partial charge in [-0.2, -0.15) is 0 Å². The van der Waals surface area contributed by atoms with E-state index < -0.39 is 15.6 Å². The van der Waals surface area contributed by atoms with Gasteiger partial charge >= 0.3 is 0 Å². The molecular weight excluding hydrogens is 366 g/mol. The maximum Gasteiger partial charge on any atom is 0.275 e. The number of anilines is 1. The van der Waals surface area contributed by atoms with Gasteiger partial charge < -0.3 is 9.88 Å². The van der Waals surface area contributed by atoms with Crippen molar-refractivity contribution < 1.29 is 13.2 Å². The summed E-state index contributed by atoms with van der Waals surface area (Å²) in [5.74, 6) is -0.241. The van der Waals surface area contributed by atoms with E-state index in [1.54, 1.807) is 31.2 Å². The third kappa shape index (κ3) is 4.57. The quantitative estimate of drug-likeness (QED) is 0.790. The molecule has 1 saturated carbocycles. The van der Waals surface area contributed by atoms with Gasteiger partial charge in [0.2, 0.25) is 5.91 Å². The van der Waals surface area contributed by atoms with Gasteiger partial charge in [0.05, 0.1) is 4.90 Å². The molecule has 144 valence electrons. The molecule has 1 heterocycles. The summed E-state index contributed by atoms with van der Waals surface area (Å²) in [4.78, 5) is 25.1. The lowest BCUT2D eigenvalue weighted by Crippen LogP contribution is -2.38. The van der Waals surface area contributed by atoms with E-state index in [1.165, 1.54) is 22.8 Å². The minimum absolute atomic E-state index is 0.0653. The van der Waals surface area contributed by atoms with E-state index in [1.807, 2.05) is 0 Å². The van der Waals surface area contributed by atoms with E-state index in [0.717, 1.165) is 25.7 Å². The first-order valence-corrected chi connectivity index (χ1v) is 10.4. The Morgan fingerprint density at radius 3 is 2.44 bits per heavy atom. The minimum Gasteiger partial charge on any atom is -0.352 e. The number of benzene rings is 1. The van der Waals surface area contributed by atoms with Crippen molar-refractivity contribution in [2.75, 3.05) is 4.72 Å². The average molecular weight is 389 g/mol. The number of carbonyl (C=O) groups is 1. The van der Waals surface area contributed by atoms with Crippen molar-refractivity contribution in [1.29, 1.82) is 0 Å². The molecule has 0 aliphatic heterocycles. The summed E-state index contributed by atoms with van der Waals surface area (Å²) in [6, 6.07) is 11.0. The predicted octanol–water partition coefficient (Wildman–Crippen LogP) is 2.02. The maximum atomic E-state index is 12.7. The molecule has 8 heteroatoms. The molecule has 3 rings (SSSR count). The van der Waals surface area contributed by atoms with Gasteiger partial charge in [0, 0.05) is 11.7 Å². The van der Waals surface area contributed by atoms with Crippen molar-refractivity contribution in [2.45, 2.75) is 50.1 Å². The van der Waals surface area contributed by atoms with E-state index in [0.29, 0.717) is 5.69 Å². The number of sulfonamides is 1. The molecule has 1 aromatic carbocycles. The van der Waals surface area contributed by atoms with Crippen molar-refractivity contribution in [2.24, 2.45) is 0 Å².